The second-order valence-corrected chi connectivity index (χ2v) is 5.75. The number of hydrogen-bond donors (Lipinski definition) is 0. The lowest BCUT2D eigenvalue weighted by Gasteiger charge is -2.16. The van der Waals surface area contributed by atoms with Crippen molar-refractivity contribution in [1.29, 1.82) is 0 Å². The highest BCUT2D eigenvalue weighted by Crippen LogP contribution is 2.32. The predicted molar refractivity (Wildman–Crippen MR) is 81.1 cm³/mol. The SMILES string of the molecule is COc1ccc(N2CC(c3nc(C(C)C)no3)CC2=O)cc1. The molecule has 0 N–H and O–H groups in total. The molecule has 1 aromatic carbocycles. The van der Waals surface area contributed by atoms with Gasteiger partial charge in [-0.2, -0.15) is 4.98 Å². The van der Waals surface area contributed by atoms with Crippen LogP contribution in [0.25, 0.3) is 0 Å². The van der Waals surface area contributed by atoms with Crippen LogP contribution in [0.3, 0.4) is 0 Å². The molecule has 0 saturated carbocycles. The van der Waals surface area contributed by atoms with Gasteiger partial charge in [0.2, 0.25) is 11.8 Å². The van der Waals surface area contributed by atoms with Gasteiger partial charge in [0.1, 0.15) is 5.75 Å². The van der Waals surface area contributed by atoms with E-state index >= 15 is 0 Å². The summed E-state index contributed by atoms with van der Waals surface area (Å²) in [7, 11) is 1.62. The molecule has 1 atom stereocenters. The second-order valence-electron chi connectivity index (χ2n) is 5.75. The van der Waals surface area contributed by atoms with Gasteiger partial charge in [-0.3, -0.25) is 4.79 Å². The first-order valence-electron chi connectivity index (χ1n) is 7.36. The van der Waals surface area contributed by atoms with Gasteiger partial charge in [0, 0.05) is 24.6 Å². The largest absolute Gasteiger partial charge is 0.497 e. The van der Waals surface area contributed by atoms with E-state index in [1.54, 1.807) is 12.0 Å². The van der Waals surface area contributed by atoms with Crippen molar-refractivity contribution in [2.75, 3.05) is 18.6 Å². The summed E-state index contributed by atoms with van der Waals surface area (Å²) < 4.78 is 10.5. The zero-order chi connectivity index (χ0) is 15.7. The van der Waals surface area contributed by atoms with Crippen molar-refractivity contribution in [3.05, 3.63) is 36.0 Å². The van der Waals surface area contributed by atoms with Gasteiger partial charge in [-0.25, -0.2) is 0 Å². The van der Waals surface area contributed by atoms with Gasteiger partial charge in [0.25, 0.3) is 0 Å². The Balaban J connectivity index is 1.77. The molecule has 1 aromatic heterocycles. The predicted octanol–water partition coefficient (Wildman–Crippen LogP) is 2.72. The molecule has 0 aliphatic carbocycles. The van der Waals surface area contributed by atoms with Gasteiger partial charge < -0.3 is 14.2 Å². The van der Waals surface area contributed by atoms with Crippen LogP contribution in [0.4, 0.5) is 5.69 Å². The Kier molecular flexibility index (Phi) is 3.83. The standard InChI is InChI=1S/C16H19N3O3/c1-10(2)15-17-16(22-18-15)11-8-14(20)19(9-11)12-4-6-13(21-3)7-5-12/h4-7,10-11H,8-9H2,1-3H3. The Morgan fingerprint density at radius 2 is 2.05 bits per heavy atom. The number of carbonyl (C=O) groups is 1. The first-order chi connectivity index (χ1) is 10.6. The summed E-state index contributed by atoms with van der Waals surface area (Å²) in [6.07, 6.45) is 0.395. The molecule has 1 fully saturated rings. The Morgan fingerprint density at radius 3 is 2.64 bits per heavy atom. The average molecular weight is 301 g/mol. The van der Waals surface area contributed by atoms with E-state index in [9.17, 15) is 4.79 Å². The minimum absolute atomic E-state index is 0.0467. The molecule has 1 unspecified atom stereocenters. The number of rotatable bonds is 4. The Bertz CT molecular complexity index is 664. The minimum atomic E-state index is -0.0467. The molecule has 1 aliphatic heterocycles. The zero-order valence-corrected chi connectivity index (χ0v) is 12.9. The Labute approximate surface area is 129 Å². The molecule has 3 rings (SSSR count). The molecule has 116 valence electrons. The minimum Gasteiger partial charge on any atom is -0.497 e. The number of benzene rings is 1. The molecular weight excluding hydrogens is 282 g/mol. The second kappa shape index (κ2) is 5.79. The van der Waals surface area contributed by atoms with Crippen LogP contribution in [0.2, 0.25) is 0 Å². The van der Waals surface area contributed by atoms with Gasteiger partial charge in [-0.1, -0.05) is 19.0 Å². The van der Waals surface area contributed by atoms with Crippen molar-refractivity contribution in [2.45, 2.75) is 32.1 Å². The summed E-state index contributed by atoms with van der Waals surface area (Å²) >= 11 is 0. The number of nitrogens with zero attached hydrogens (tertiary/aromatic N) is 3. The lowest BCUT2D eigenvalue weighted by atomic mass is 10.1. The van der Waals surface area contributed by atoms with Crippen LogP contribution in [-0.2, 0) is 4.79 Å². The molecule has 1 saturated heterocycles. The van der Waals surface area contributed by atoms with Gasteiger partial charge >= 0.3 is 0 Å². The maximum atomic E-state index is 12.3. The summed E-state index contributed by atoms with van der Waals surface area (Å²) in [5.74, 6) is 2.24. The van der Waals surface area contributed by atoms with Crippen molar-refractivity contribution in [1.82, 2.24) is 10.1 Å². The fourth-order valence-electron chi connectivity index (χ4n) is 2.53. The Hall–Kier alpha value is -2.37. The number of carbonyl (C=O) groups excluding carboxylic acids is 1. The molecule has 6 nitrogen and oxygen atoms in total. The molecule has 22 heavy (non-hydrogen) atoms. The van der Waals surface area contributed by atoms with Crippen LogP contribution < -0.4 is 9.64 Å². The fraction of sp³-hybridized carbons (Fsp3) is 0.438. The molecular formula is C16H19N3O3. The van der Waals surface area contributed by atoms with Crippen LogP contribution in [0.5, 0.6) is 5.75 Å². The van der Waals surface area contributed by atoms with Crippen molar-refractivity contribution < 1.29 is 14.1 Å². The van der Waals surface area contributed by atoms with E-state index in [0.717, 1.165) is 11.4 Å². The molecule has 2 heterocycles. The molecule has 0 spiro atoms. The number of aromatic nitrogens is 2. The highest BCUT2D eigenvalue weighted by atomic mass is 16.5. The summed E-state index contributed by atoms with van der Waals surface area (Å²) in [5.41, 5.74) is 0.858. The lowest BCUT2D eigenvalue weighted by molar-refractivity contribution is -0.117. The molecule has 0 radical (unpaired) electrons. The average Bonchev–Trinajstić information content (AvgIpc) is 3.14. The molecule has 6 heteroatoms. The van der Waals surface area contributed by atoms with Crippen molar-refractivity contribution in [3.63, 3.8) is 0 Å². The third kappa shape index (κ3) is 2.68. The summed E-state index contributed by atoms with van der Waals surface area (Å²) in [6.45, 7) is 4.58. The highest BCUT2D eigenvalue weighted by Gasteiger charge is 2.35. The number of ether oxygens (including phenoxy) is 1. The Morgan fingerprint density at radius 1 is 1.32 bits per heavy atom. The van der Waals surface area contributed by atoms with Gasteiger partial charge in [-0.05, 0) is 24.3 Å². The number of hydrogen-bond acceptors (Lipinski definition) is 5. The highest BCUT2D eigenvalue weighted by molar-refractivity contribution is 5.96. The van der Waals surface area contributed by atoms with E-state index in [2.05, 4.69) is 10.1 Å². The topological polar surface area (TPSA) is 68.5 Å². The third-order valence-electron chi connectivity index (χ3n) is 3.83. The van der Waals surface area contributed by atoms with Crippen LogP contribution in [0, 0.1) is 0 Å². The smallest absolute Gasteiger partial charge is 0.232 e. The van der Waals surface area contributed by atoms with Crippen LogP contribution in [0.15, 0.2) is 28.8 Å². The van der Waals surface area contributed by atoms with Crippen LogP contribution >= 0.6 is 0 Å². The summed E-state index contributed by atoms with van der Waals surface area (Å²) in [4.78, 5) is 18.4. The van der Waals surface area contributed by atoms with Crippen LogP contribution in [-0.4, -0.2) is 29.7 Å². The third-order valence-corrected chi connectivity index (χ3v) is 3.83. The number of amides is 1. The molecule has 1 aliphatic rings. The first-order valence-corrected chi connectivity index (χ1v) is 7.36. The van der Waals surface area contributed by atoms with E-state index in [1.165, 1.54) is 0 Å². The van der Waals surface area contributed by atoms with E-state index in [4.69, 9.17) is 9.26 Å². The molecule has 0 bridgehead atoms. The fourth-order valence-corrected chi connectivity index (χ4v) is 2.53. The number of methoxy groups -OCH3 is 1. The quantitative estimate of drug-likeness (QED) is 0.868. The zero-order valence-electron chi connectivity index (χ0n) is 12.9. The first kappa shape index (κ1) is 14.6. The van der Waals surface area contributed by atoms with Crippen molar-refractivity contribution in [3.8, 4) is 5.75 Å². The van der Waals surface area contributed by atoms with E-state index in [-0.39, 0.29) is 17.7 Å². The van der Waals surface area contributed by atoms with Crippen LogP contribution in [0.1, 0.15) is 43.8 Å². The number of anilines is 1. The normalized spacial score (nSPS) is 18.3. The molecule has 1 amide bonds. The van der Waals surface area contributed by atoms with Crippen molar-refractivity contribution >= 4 is 11.6 Å². The van der Waals surface area contributed by atoms with E-state index < -0.39 is 0 Å². The van der Waals surface area contributed by atoms with E-state index in [1.807, 2.05) is 38.1 Å². The van der Waals surface area contributed by atoms with E-state index in [0.29, 0.717) is 24.7 Å². The summed E-state index contributed by atoms with van der Waals surface area (Å²) in [6, 6.07) is 7.46. The summed E-state index contributed by atoms with van der Waals surface area (Å²) in [5, 5.41) is 3.97. The maximum Gasteiger partial charge on any atom is 0.232 e. The van der Waals surface area contributed by atoms with Crippen molar-refractivity contribution in [2.24, 2.45) is 0 Å². The maximum absolute atomic E-state index is 12.3. The van der Waals surface area contributed by atoms with Gasteiger partial charge in [-0.15, -0.1) is 0 Å². The molecule has 2 aromatic rings. The lowest BCUT2D eigenvalue weighted by Crippen LogP contribution is -2.24. The monoisotopic (exact) mass is 301 g/mol. The van der Waals surface area contributed by atoms with Gasteiger partial charge in [0.15, 0.2) is 5.82 Å². The van der Waals surface area contributed by atoms with Gasteiger partial charge in [0.05, 0.1) is 13.0 Å².